The predicted octanol–water partition coefficient (Wildman–Crippen LogP) is 0.993. The molecule has 16 heavy (non-hydrogen) atoms. The van der Waals surface area contributed by atoms with Crippen molar-refractivity contribution >= 4 is 0 Å². The minimum atomic E-state index is -0.829. The van der Waals surface area contributed by atoms with Crippen LogP contribution in [0.1, 0.15) is 17.8 Å². The zero-order valence-electron chi connectivity index (χ0n) is 9.36. The zero-order chi connectivity index (χ0) is 11.5. The molecule has 1 aliphatic rings. The van der Waals surface area contributed by atoms with E-state index in [1.807, 2.05) is 25.1 Å². The summed E-state index contributed by atoms with van der Waals surface area (Å²) >= 11 is 0. The van der Waals surface area contributed by atoms with Gasteiger partial charge in [-0.1, -0.05) is 6.07 Å². The molecule has 1 aromatic heterocycles. The van der Waals surface area contributed by atoms with Gasteiger partial charge in [0.25, 0.3) is 0 Å². The second-order valence-corrected chi connectivity index (χ2v) is 4.39. The molecule has 1 aliphatic heterocycles. The van der Waals surface area contributed by atoms with Crippen LogP contribution in [0.2, 0.25) is 0 Å². The highest BCUT2D eigenvalue weighted by Crippen LogP contribution is 2.15. The van der Waals surface area contributed by atoms with Crippen LogP contribution in [-0.4, -0.2) is 35.0 Å². The average molecular weight is 224 g/mol. The lowest BCUT2D eigenvalue weighted by atomic mass is 10.0. The van der Waals surface area contributed by atoms with Crippen molar-refractivity contribution in [3.8, 4) is 0 Å². The van der Waals surface area contributed by atoms with Gasteiger partial charge in [-0.05, 0) is 25.5 Å². The highest BCUT2D eigenvalue weighted by atomic mass is 19.1. The molecule has 2 heterocycles. The molecule has 1 aromatic rings. The Kier molecular flexibility index (Phi) is 3.51. The van der Waals surface area contributed by atoms with Crippen LogP contribution in [0, 0.1) is 6.92 Å². The summed E-state index contributed by atoms with van der Waals surface area (Å²) in [6.07, 6.45) is -0.515. The van der Waals surface area contributed by atoms with Gasteiger partial charge in [-0.15, -0.1) is 0 Å². The summed E-state index contributed by atoms with van der Waals surface area (Å²) in [6.45, 7) is 2.27. The Bertz CT molecular complexity index is 359. The number of aliphatic hydroxyl groups is 1. The van der Waals surface area contributed by atoms with E-state index >= 15 is 0 Å². The molecule has 3 atom stereocenters. The molecular formula is C12H17FN2O. The molecule has 2 rings (SSSR count). The molecule has 1 unspecified atom stereocenters. The Morgan fingerprint density at radius 2 is 2.44 bits per heavy atom. The molecule has 0 aromatic carbocycles. The number of hydrogen-bond donors (Lipinski definition) is 2. The van der Waals surface area contributed by atoms with Crippen LogP contribution >= 0.6 is 0 Å². The Morgan fingerprint density at radius 3 is 3.06 bits per heavy atom. The van der Waals surface area contributed by atoms with Crippen molar-refractivity contribution in [1.82, 2.24) is 10.3 Å². The van der Waals surface area contributed by atoms with E-state index in [4.69, 9.17) is 0 Å². The SMILES string of the molecule is Cc1cccc(CC(O)[C@H]2C[C@@H](F)CN2)n1. The van der Waals surface area contributed by atoms with E-state index in [9.17, 15) is 9.50 Å². The first-order valence-electron chi connectivity index (χ1n) is 5.63. The number of halogens is 1. The molecule has 2 N–H and O–H groups in total. The van der Waals surface area contributed by atoms with Crippen LogP contribution < -0.4 is 5.32 Å². The van der Waals surface area contributed by atoms with E-state index in [0.29, 0.717) is 19.4 Å². The molecule has 0 bridgehead atoms. The number of rotatable bonds is 3. The number of pyridine rings is 1. The number of nitrogens with zero attached hydrogens (tertiary/aromatic N) is 1. The van der Waals surface area contributed by atoms with E-state index in [1.54, 1.807) is 0 Å². The van der Waals surface area contributed by atoms with Gasteiger partial charge >= 0.3 is 0 Å². The van der Waals surface area contributed by atoms with Gasteiger partial charge < -0.3 is 10.4 Å². The quantitative estimate of drug-likeness (QED) is 0.805. The van der Waals surface area contributed by atoms with Crippen molar-refractivity contribution in [2.45, 2.75) is 38.1 Å². The summed E-state index contributed by atoms with van der Waals surface area (Å²) in [4.78, 5) is 4.32. The summed E-state index contributed by atoms with van der Waals surface area (Å²) in [7, 11) is 0. The van der Waals surface area contributed by atoms with E-state index < -0.39 is 12.3 Å². The van der Waals surface area contributed by atoms with Crippen molar-refractivity contribution in [3.05, 3.63) is 29.6 Å². The Morgan fingerprint density at radius 1 is 1.62 bits per heavy atom. The molecule has 0 radical (unpaired) electrons. The zero-order valence-corrected chi connectivity index (χ0v) is 9.36. The van der Waals surface area contributed by atoms with Crippen molar-refractivity contribution in [1.29, 1.82) is 0 Å². The number of aryl methyl sites for hydroxylation is 1. The van der Waals surface area contributed by atoms with Gasteiger partial charge in [0.2, 0.25) is 0 Å². The standard InChI is InChI=1S/C12H17FN2O/c1-8-3-2-4-10(15-8)6-12(16)11-5-9(13)7-14-11/h2-4,9,11-12,14,16H,5-7H2,1H3/t9-,11-,12?/m1/s1. The minimum Gasteiger partial charge on any atom is -0.391 e. The van der Waals surface area contributed by atoms with E-state index in [2.05, 4.69) is 10.3 Å². The van der Waals surface area contributed by atoms with Gasteiger partial charge in [0.05, 0.1) is 6.10 Å². The Labute approximate surface area is 94.7 Å². The fourth-order valence-corrected chi connectivity index (χ4v) is 2.08. The third kappa shape index (κ3) is 2.77. The summed E-state index contributed by atoms with van der Waals surface area (Å²) in [5.74, 6) is 0. The van der Waals surface area contributed by atoms with Gasteiger partial charge in [0.1, 0.15) is 6.17 Å². The number of alkyl halides is 1. The van der Waals surface area contributed by atoms with Crippen LogP contribution in [0.25, 0.3) is 0 Å². The molecule has 1 saturated heterocycles. The molecule has 3 nitrogen and oxygen atoms in total. The van der Waals surface area contributed by atoms with Crippen LogP contribution in [0.5, 0.6) is 0 Å². The van der Waals surface area contributed by atoms with Gasteiger partial charge in [0, 0.05) is 30.4 Å². The molecule has 0 aliphatic carbocycles. The van der Waals surface area contributed by atoms with Crippen molar-refractivity contribution < 1.29 is 9.50 Å². The van der Waals surface area contributed by atoms with Gasteiger partial charge in [-0.25, -0.2) is 4.39 Å². The smallest absolute Gasteiger partial charge is 0.114 e. The van der Waals surface area contributed by atoms with E-state index in [-0.39, 0.29) is 6.04 Å². The summed E-state index contributed by atoms with van der Waals surface area (Å²) in [5, 5.41) is 12.9. The fraction of sp³-hybridized carbons (Fsp3) is 0.583. The van der Waals surface area contributed by atoms with Gasteiger partial charge in [-0.3, -0.25) is 4.98 Å². The summed E-state index contributed by atoms with van der Waals surface area (Å²) in [6, 6.07) is 5.58. The molecule has 0 amide bonds. The molecule has 4 heteroatoms. The van der Waals surface area contributed by atoms with Crippen LogP contribution in [0.4, 0.5) is 4.39 Å². The molecule has 0 saturated carbocycles. The number of aromatic nitrogens is 1. The first-order valence-corrected chi connectivity index (χ1v) is 5.63. The molecular weight excluding hydrogens is 207 g/mol. The lowest BCUT2D eigenvalue weighted by Crippen LogP contribution is -2.36. The molecule has 1 fully saturated rings. The Balaban J connectivity index is 1.94. The normalized spacial score (nSPS) is 26.9. The average Bonchev–Trinajstić information content (AvgIpc) is 2.65. The lowest BCUT2D eigenvalue weighted by Gasteiger charge is -2.17. The number of hydrogen-bond acceptors (Lipinski definition) is 3. The van der Waals surface area contributed by atoms with Crippen LogP contribution in [-0.2, 0) is 6.42 Å². The molecule has 0 spiro atoms. The minimum absolute atomic E-state index is 0.141. The largest absolute Gasteiger partial charge is 0.391 e. The third-order valence-electron chi connectivity index (χ3n) is 2.94. The van der Waals surface area contributed by atoms with Crippen LogP contribution in [0.3, 0.4) is 0 Å². The second kappa shape index (κ2) is 4.89. The van der Waals surface area contributed by atoms with Gasteiger partial charge in [-0.2, -0.15) is 0 Å². The Hall–Kier alpha value is -1.00. The topological polar surface area (TPSA) is 45.1 Å². The maximum absolute atomic E-state index is 12.9. The first-order chi connectivity index (χ1) is 7.65. The predicted molar refractivity (Wildman–Crippen MR) is 60.0 cm³/mol. The monoisotopic (exact) mass is 224 g/mol. The number of nitrogens with one attached hydrogen (secondary N) is 1. The van der Waals surface area contributed by atoms with Crippen molar-refractivity contribution in [2.75, 3.05) is 6.54 Å². The van der Waals surface area contributed by atoms with E-state index in [1.165, 1.54) is 0 Å². The summed E-state index contributed by atoms with van der Waals surface area (Å²) in [5.41, 5.74) is 1.80. The van der Waals surface area contributed by atoms with Crippen molar-refractivity contribution in [3.63, 3.8) is 0 Å². The summed E-state index contributed by atoms with van der Waals surface area (Å²) < 4.78 is 12.9. The van der Waals surface area contributed by atoms with Crippen LogP contribution in [0.15, 0.2) is 18.2 Å². The van der Waals surface area contributed by atoms with E-state index in [0.717, 1.165) is 11.4 Å². The van der Waals surface area contributed by atoms with Gasteiger partial charge in [0.15, 0.2) is 0 Å². The number of aliphatic hydroxyl groups excluding tert-OH is 1. The second-order valence-electron chi connectivity index (χ2n) is 4.39. The maximum Gasteiger partial charge on any atom is 0.114 e. The first kappa shape index (κ1) is 11.5. The maximum atomic E-state index is 12.9. The molecule has 88 valence electrons. The highest BCUT2D eigenvalue weighted by Gasteiger charge is 2.29. The van der Waals surface area contributed by atoms with Crippen molar-refractivity contribution in [2.24, 2.45) is 0 Å². The highest BCUT2D eigenvalue weighted by molar-refractivity contribution is 5.11. The lowest BCUT2D eigenvalue weighted by molar-refractivity contribution is 0.132. The fourth-order valence-electron chi connectivity index (χ4n) is 2.08. The third-order valence-corrected chi connectivity index (χ3v) is 2.94.